The Morgan fingerprint density at radius 1 is 1.28 bits per heavy atom. The van der Waals surface area contributed by atoms with Gasteiger partial charge in [-0.15, -0.1) is 11.8 Å². The van der Waals surface area contributed by atoms with Crippen LogP contribution >= 0.6 is 11.8 Å². The Morgan fingerprint density at radius 3 is 2.39 bits per heavy atom. The molecule has 0 unspecified atom stereocenters. The number of Topliss-reactive ketones (excluding diaryl/α,β-unsaturated/α-hetero) is 1. The molecule has 0 amide bonds. The van der Waals surface area contributed by atoms with E-state index < -0.39 is 0 Å². The van der Waals surface area contributed by atoms with Gasteiger partial charge in [-0.3, -0.25) is 9.69 Å². The average Bonchev–Trinajstić information content (AvgIpc) is 2.26. The van der Waals surface area contributed by atoms with Crippen molar-refractivity contribution in [3.8, 4) is 0 Å². The second-order valence-corrected chi connectivity index (χ2v) is 6.65. The van der Waals surface area contributed by atoms with Crippen LogP contribution < -0.4 is 0 Å². The van der Waals surface area contributed by atoms with Gasteiger partial charge < -0.3 is 0 Å². The highest BCUT2D eigenvalue weighted by molar-refractivity contribution is 7.99. The first-order valence-electron chi connectivity index (χ1n) is 6.41. The highest BCUT2D eigenvalue weighted by Gasteiger charge is 2.03. The molecule has 0 fully saturated rings. The van der Waals surface area contributed by atoms with Gasteiger partial charge in [-0.2, -0.15) is 0 Å². The fourth-order valence-electron chi connectivity index (χ4n) is 1.79. The van der Waals surface area contributed by atoms with Gasteiger partial charge in [0.1, 0.15) is 5.78 Å². The number of nitrogens with zero attached hydrogens (tertiary/aromatic N) is 1. The highest BCUT2D eigenvalue weighted by atomic mass is 32.2. The number of hydrogen-bond donors (Lipinski definition) is 0. The van der Waals surface area contributed by atoms with Gasteiger partial charge >= 0.3 is 0 Å². The van der Waals surface area contributed by atoms with Gasteiger partial charge in [0, 0.05) is 16.7 Å². The van der Waals surface area contributed by atoms with Gasteiger partial charge in [0.05, 0.1) is 6.54 Å². The Hall–Kier alpha value is -0.800. The maximum absolute atomic E-state index is 11.0. The van der Waals surface area contributed by atoms with Crippen molar-refractivity contribution in [3.63, 3.8) is 0 Å². The predicted octanol–water partition coefficient (Wildman–Crippen LogP) is 3.25. The average molecular weight is 265 g/mol. The lowest BCUT2D eigenvalue weighted by molar-refractivity contribution is -0.117. The molecule has 1 aromatic rings. The zero-order valence-corrected chi connectivity index (χ0v) is 12.6. The Balaban J connectivity index is 2.41. The monoisotopic (exact) mass is 265 g/mol. The van der Waals surface area contributed by atoms with Crippen molar-refractivity contribution < 1.29 is 4.79 Å². The summed E-state index contributed by atoms with van der Waals surface area (Å²) in [6.07, 6.45) is 0.996. The lowest BCUT2D eigenvalue weighted by Crippen LogP contribution is -2.26. The number of carbonyl (C=O) groups excluding carboxylic acids is 1. The SMILES string of the molecule is CC(=O)CN(C)CCc1ccc(SC(C)C)cc1. The van der Waals surface area contributed by atoms with E-state index >= 15 is 0 Å². The summed E-state index contributed by atoms with van der Waals surface area (Å²) in [5.74, 6) is 0.223. The largest absolute Gasteiger partial charge is 0.299 e. The van der Waals surface area contributed by atoms with Crippen LogP contribution in [0.1, 0.15) is 26.3 Å². The normalized spacial score (nSPS) is 11.2. The van der Waals surface area contributed by atoms with Crippen molar-refractivity contribution in [1.82, 2.24) is 4.90 Å². The molecule has 0 aliphatic heterocycles. The van der Waals surface area contributed by atoms with Crippen LogP contribution in [0.3, 0.4) is 0 Å². The second-order valence-electron chi connectivity index (χ2n) is 5.00. The Labute approximate surface area is 115 Å². The van der Waals surface area contributed by atoms with E-state index in [1.54, 1.807) is 6.92 Å². The first-order valence-corrected chi connectivity index (χ1v) is 7.29. The Bertz CT molecular complexity index is 373. The summed E-state index contributed by atoms with van der Waals surface area (Å²) >= 11 is 1.88. The summed E-state index contributed by atoms with van der Waals surface area (Å²) in [7, 11) is 1.99. The van der Waals surface area contributed by atoms with Crippen LogP contribution in [0.5, 0.6) is 0 Å². The fourth-order valence-corrected chi connectivity index (χ4v) is 2.62. The van der Waals surface area contributed by atoms with Crippen LogP contribution in [0, 0.1) is 0 Å². The van der Waals surface area contributed by atoms with Gasteiger partial charge in [0.15, 0.2) is 0 Å². The van der Waals surface area contributed by atoms with Crippen LogP contribution in [0.25, 0.3) is 0 Å². The van der Waals surface area contributed by atoms with Crippen molar-refractivity contribution in [2.75, 3.05) is 20.1 Å². The lowest BCUT2D eigenvalue weighted by Gasteiger charge is -2.14. The minimum atomic E-state index is 0.223. The molecular formula is C15H23NOS. The molecule has 2 nitrogen and oxygen atoms in total. The fraction of sp³-hybridized carbons (Fsp3) is 0.533. The van der Waals surface area contributed by atoms with E-state index in [-0.39, 0.29) is 5.78 Å². The number of thioether (sulfide) groups is 1. The van der Waals surface area contributed by atoms with Crippen molar-refractivity contribution in [1.29, 1.82) is 0 Å². The minimum Gasteiger partial charge on any atom is -0.299 e. The molecule has 0 aromatic heterocycles. The van der Waals surface area contributed by atoms with Crippen molar-refractivity contribution in [2.24, 2.45) is 0 Å². The summed E-state index contributed by atoms with van der Waals surface area (Å²) in [5, 5.41) is 0.623. The number of benzene rings is 1. The molecule has 0 N–H and O–H groups in total. The molecule has 0 atom stereocenters. The van der Waals surface area contributed by atoms with Crippen LogP contribution in [0.4, 0.5) is 0 Å². The van der Waals surface area contributed by atoms with E-state index in [9.17, 15) is 4.79 Å². The maximum Gasteiger partial charge on any atom is 0.143 e. The molecule has 1 aromatic carbocycles. The van der Waals surface area contributed by atoms with E-state index in [2.05, 4.69) is 43.0 Å². The van der Waals surface area contributed by atoms with Gasteiger partial charge in [0.2, 0.25) is 0 Å². The second kappa shape index (κ2) is 7.59. The van der Waals surface area contributed by atoms with E-state index in [0.29, 0.717) is 11.8 Å². The highest BCUT2D eigenvalue weighted by Crippen LogP contribution is 2.22. The molecule has 0 saturated carbocycles. The number of rotatable bonds is 7. The molecule has 100 valence electrons. The summed E-state index contributed by atoms with van der Waals surface area (Å²) in [5.41, 5.74) is 1.33. The quantitative estimate of drug-likeness (QED) is 0.706. The first kappa shape index (κ1) is 15.3. The molecule has 0 saturated heterocycles. The Kier molecular flexibility index (Phi) is 6.44. The first-order chi connectivity index (χ1) is 8.47. The molecule has 0 aliphatic rings. The topological polar surface area (TPSA) is 20.3 Å². The van der Waals surface area contributed by atoms with Crippen LogP contribution in [-0.2, 0) is 11.2 Å². The third kappa shape index (κ3) is 6.22. The van der Waals surface area contributed by atoms with E-state index in [0.717, 1.165) is 13.0 Å². The Morgan fingerprint density at radius 2 is 1.89 bits per heavy atom. The summed E-state index contributed by atoms with van der Waals surface area (Å²) < 4.78 is 0. The molecule has 0 bridgehead atoms. The van der Waals surface area contributed by atoms with Crippen LogP contribution in [-0.4, -0.2) is 36.1 Å². The molecule has 0 radical (unpaired) electrons. The number of carbonyl (C=O) groups is 1. The third-order valence-corrected chi connectivity index (χ3v) is 3.59. The van der Waals surface area contributed by atoms with Crippen molar-refractivity contribution in [3.05, 3.63) is 29.8 Å². The minimum absolute atomic E-state index is 0.223. The number of hydrogen-bond acceptors (Lipinski definition) is 3. The number of likely N-dealkylation sites (N-methyl/N-ethyl adjacent to an activating group) is 1. The van der Waals surface area contributed by atoms with Gasteiger partial charge in [-0.1, -0.05) is 26.0 Å². The van der Waals surface area contributed by atoms with Crippen LogP contribution in [0.15, 0.2) is 29.2 Å². The van der Waals surface area contributed by atoms with E-state index in [1.165, 1.54) is 10.5 Å². The molecular weight excluding hydrogens is 242 g/mol. The van der Waals surface area contributed by atoms with E-state index in [1.807, 2.05) is 18.8 Å². The molecule has 18 heavy (non-hydrogen) atoms. The van der Waals surface area contributed by atoms with Crippen LogP contribution in [0.2, 0.25) is 0 Å². The standard InChI is InChI=1S/C15H23NOS/c1-12(2)18-15-7-5-14(6-8-15)9-10-16(4)11-13(3)17/h5-8,12H,9-11H2,1-4H3. The summed E-state index contributed by atoms with van der Waals surface area (Å²) in [6, 6.07) is 8.74. The number of ketones is 1. The summed E-state index contributed by atoms with van der Waals surface area (Å²) in [6.45, 7) is 7.51. The van der Waals surface area contributed by atoms with Crippen molar-refractivity contribution in [2.45, 2.75) is 37.3 Å². The third-order valence-electron chi connectivity index (χ3n) is 2.57. The van der Waals surface area contributed by atoms with Crippen molar-refractivity contribution >= 4 is 17.5 Å². The predicted molar refractivity (Wildman–Crippen MR) is 79.3 cm³/mol. The smallest absolute Gasteiger partial charge is 0.143 e. The zero-order chi connectivity index (χ0) is 13.5. The van der Waals surface area contributed by atoms with Gasteiger partial charge in [-0.05, 0) is 38.1 Å². The maximum atomic E-state index is 11.0. The van der Waals surface area contributed by atoms with Gasteiger partial charge in [0.25, 0.3) is 0 Å². The molecule has 3 heteroatoms. The molecule has 1 rings (SSSR count). The lowest BCUT2D eigenvalue weighted by atomic mass is 10.1. The molecule has 0 heterocycles. The molecule has 0 aliphatic carbocycles. The van der Waals surface area contributed by atoms with E-state index in [4.69, 9.17) is 0 Å². The summed E-state index contributed by atoms with van der Waals surface area (Å²) in [4.78, 5) is 14.4. The zero-order valence-electron chi connectivity index (χ0n) is 11.8. The van der Waals surface area contributed by atoms with Gasteiger partial charge in [-0.25, -0.2) is 0 Å². The molecule has 0 spiro atoms.